The van der Waals surface area contributed by atoms with E-state index < -0.39 is 44.4 Å². The highest BCUT2D eigenvalue weighted by Gasteiger charge is 2.41. The van der Waals surface area contributed by atoms with Crippen LogP contribution in [0.4, 0.5) is 13.2 Å². The number of hydrogen-bond donors (Lipinski definition) is 1. The Hall–Kier alpha value is -0.390. The highest BCUT2D eigenvalue weighted by atomic mass is 32.2. The van der Waals surface area contributed by atoms with Gasteiger partial charge in [-0.05, 0) is 12.8 Å². The lowest BCUT2D eigenvalue weighted by Gasteiger charge is -2.29. The van der Waals surface area contributed by atoms with Crippen LogP contribution >= 0.6 is 0 Å². The first-order valence-electron chi connectivity index (χ1n) is 5.94. The van der Waals surface area contributed by atoms with Crippen molar-refractivity contribution >= 4 is 19.9 Å². The van der Waals surface area contributed by atoms with E-state index in [0.717, 1.165) is 0 Å². The summed E-state index contributed by atoms with van der Waals surface area (Å²) >= 11 is 0. The Morgan fingerprint density at radius 3 is 2.10 bits per heavy atom. The van der Waals surface area contributed by atoms with Crippen LogP contribution in [0.5, 0.6) is 0 Å². The number of rotatable bonds is 5. The lowest BCUT2D eigenvalue weighted by atomic mass is 10.2. The number of alkyl halides is 3. The molecule has 1 fully saturated rings. The summed E-state index contributed by atoms with van der Waals surface area (Å²) in [6.45, 7) is -2.28. The van der Waals surface area contributed by atoms with E-state index in [1.807, 2.05) is 0 Å². The average Bonchev–Trinajstić information content (AvgIpc) is 2.26. The highest BCUT2D eigenvalue weighted by Crippen LogP contribution is 2.25. The Morgan fingerprint density at radius 2 is 1.70 bits per heavy atom. The van der Waals surface area contributed by atoms with Crippen molar-refractivity contribution in [3.8, 4) is 0 Å². The zero-order valence-corrected chi connectivity index (χ0v) is 12.3. The van der Waals surface area contributed by atoms with Crippen LogP contribution < -0.4 is 5.73 Å². The maximum Gasteiger partial charge on any atom is 0.402 e. The quantitative estimate of drug-likeness (QED) is 0.743. The summed E-state index contributed by atoms with van der Waals surface area (Å²) in [5.74, 6) is -0.640. The first-order chi connectivity index (χ1) is 8.98. The second-order valence-electron chi connectivity index (χ2n) is 4.63. The molecule has 120 valence electrons. The molecule has 1 aliphatic heterocycles. The zero-order valence-electron chi connectivity index (χ0n) is 10.6. The first kappa shape index (κ1) is 17.7. The Bertz CT molecular complexity index is 516. The lowest BCUT2D eigenvalue weighted by molar-refractivity contribution is -0.136. The fourth-order valence-electron chi connectivity index (χ4n) is 2.02. The van der Waals surface area contributed by atoms with Crippen molar-refractivity contribution in [2.24, 2.45) is 5.73 Å². The van der Waals surface area contributed by atoms with Crippen LogP contribution in [0.15, 0.2) is 0 Å². The minimum Gasteiger partial charge on any atom is -0.329 e. The molecule has 0 aromatic heterocycles. The van der Waals surface area contributed by atoms with Gasteiger partial charge >= 0.3 is 6.18 Å². The molecule has 0 radical (unpaired) electrons. The minimum absolute atomic E-state index is 0.177. The molecule has 1 rings (SSSR count). The van der Waals surface area contributed by atoms with E-state index >= 15 is 0 Å². The molecule has 0 amide bonds. The number of nitrogens with zero attached hydrogens (tertiary/aromatic N) is 1. The molecule has 0 bridgehead atoms. The largest absolute Gasteiger partial charge is 0.402 e. The maximum absolute atomic E-state index is 12.4. The highest BCUT2D eigenvalue weighted by molar-refractivity contribution is 7.92. The molecule has 1 saturated heterocycles. The van der Waals surface area contributed by atoms with Crippen molar-refractivity contribution < 1.29 is 30.0 Å². The minimum atomic E-state index is -4.66. The summed E-state index contributed by atoms with van der Waals surface area (Å²) in [6, 6.07) is 0. The van der Waals surface area contributed by atoms with Gasteiger partial charge < -0.3 is 5.73 Å². The van der Waals surface area contributed by atoms with Crippen molar-refractivity contribution in [1.82, 2.24) is 4.31 Å². The fourth-order valence-corrected chi connectivity index (χ4v) is 5.75. The van der Waals surface area contributed by atoms with Crippen molar-refractivity contribution in [3.05, 3.63) is 0 Å². The number of sulfonamides is 1. The Kier molecular flexibility index (Phi) is 5.44. The molecule has 0 aromatic carbocycles. The summed E-state index contributed by atoms with van der Waals surface area (Å²) in [4.78, 5) is 0. The van der Waals surface area contributed by atoms with Gasteiger partial charge in [0.15, 0.2) is 0 Å². The van der Waals surface area contributed by atoms with E-state index in [2.05, 4.69) is 0 Å². The van der Waals surface area contributed by atoms with Crippen molar-refractivity contribution in [3.63, 3.8) is 0 Å². The lowest BCUT2D eigenvalue weighted by Crippen LogP contribution is -2.47. The van der Waals surface area contributed by atoms with E-state index in [4.69, 9.17) is 5.73 Å². The molecule has 2 N–H and O–H groups in total. The predicted molar refractivity (Wildman–Crippen MR) is 67.3 cm³/mol. The molecule has 0 saturated carbocycles. The van der Waals surface area contributed by atoms with E-state index in [9.17, 15) is 30.0 Å². The van der Waals surface area contributed by atoms with Crippen LogP contribution in [0.2, 0.25) is 0 Å². The molecular weight excluding hydrogens is 321 g/mol. The molecule has 0 unspecified atom stereocenters. The third-order valence-electron chi connectivity index (χ3n) is 3.02. The second kappa shape index (κ2) is 6.16. The summed E-state index contributed by atoms with van der Waals surface area (Å²) in [5.41, 5.74) is 5.15. The molecule has 1 heterocycles. The van der Waals surface area contributed by atoms with Gasteiger partial charge in [0, 0.05) is 13.1 Å². The van der Waals surface area contributed by atoms with Crippen LogP contribution in [0.25, 0.3) is 0 Å². The van der Waals surface area contributed by atoms with E-state index in [1.165, 1.54) is 0 Å². The fraction of sp³-hybridized carbons (Fsp3) is 1.00. The van der Waals surface area contributed by atoms with Gasteiger partial charge in [0.25, 0.3) is 0 Å². The van der Waals surface area contributed by atoms with Gasteiger partial charge in [-0.1, -0.05) is 0 Å². The maximum atomic E-state index is 12.4. The zero-order chi connectivity index (χ0) is 15.6. The number of hydrogen-bond acceptors (Lipinski definition) is 5. The summed E-state index contributed by atoms with van der Waals surface area (Å²) < 4.78 is 84.3. The topological polar surface area (TPSA) is 97.5 Å². The first-order valence-corrected chi connectivity index (χ1v) is 9.26. The summed E-state index contributed by atoms with van der Waals surface area (Å²) in [7, 11) is -7.48. The average molecular weight is 338 g/mol. The third kappa shape index (κ3) is 4.86. The molecule has 0 spiro atoms. The van der Waals surface area contributed by atoms with E-state index in [-0.39, 0.29) is 30.9 Å². The second-order valence-corrected chi connectivity index (χ2v) is 9.15. The molecule has 20 heavy (non-hydrogen) atoms. The smallest absolute Gasteiger partial charge is 0.329 e. The normalized spacial score (nSPS) is 21.2. The van der Waals surface area contributed by atoms with Crippen LogP contribution in [-0.4, -0.2) is 63.7 Å². The van der Waals surface area contributed by atoms with Crippen molar-refractivity contribution in [1.29, 1.82) is 0 Å². The number of sulfone groups is 1. The molecule has 6 nitrogen and oxygen atoms in total. The van der Waals surface area contributed by atoms with Crippen molar-refractivity contribution in [2.75, 3.05) is 31.1 Å². The molecule has 1 aliphatic rings. The summed E-state index contributed by atoms with van der Waals surface area (Å²) in [6.07, 6.45) is -5.02. The molecular formula is C9H17F3N2O4S2. The molecule has 0 aromatic rings. The Morgan fingerprint density at radius 1 is 1.20 bits per heavy atom. The van der Waals surface area contributed by atoms with Crippen LogP contribution in [0.3, 0.4) is 0 Å². The van der Waals surface area contributed by atoms with Crippen LogP contribution in [0.1, 0.15) is 12.8 Å². The van der Waals surface area contributed by atoms with Crippen molar-refractivity contribution in [2.45, 2.75) is 24.3 Å². The standard InChI is InChI=1S/C9H17F3N2O4S2/c10-9(11,12)7-14(4-3-13)20(17,18)8-1-5-19(15,16)6-2-8/h8H,1-7,13H2. The van der Waals surface area contributed by atoms with Gasteiger partial charge in [-0.15, -0.1) is 0 Å². The van der Waals surface area contributed by atoms with Gasteiger partial charge in [-0.3, -0.25) is 0 Å². The van der Waals surface area contributed by atoms with E-state index in [0.29, 0.717) is 4.31 Å². The molecule has 0 aliphatic carbocycles. The van der Waals surface area contributed by atoms with Gasteiger partial charge in [-0.2, -0.15) is 17.5 Å². The Balaban J connectivity index is 2.88. The molecule has 11 heteroatoms. The van der Waals surface area contributed by atoms with Gasteiger partial charge in [0.05, 0.1) is 16.8 Å². The van der Waals surface area contributed by atoms with Gasteiger partial charge in [0.2, 0.25) is 10.0 Å². The molecule has 0 atom stereocenters. The van der Waals surface area contributed by atoms with Crippen LogP contribution in [0, 0.1) is 0 Å². The summed E-state index contributed by atoms with van der Waals surface area (Å²) in [5, 5.41) is -1.10. The Labute approximate surface area is 116 Å². The SMILES string of the molecule is NCCN(CC(F)(F)F)S(=O)(=O)C1CCS(=O)(=O)CC1. The third-order valence-corrected chi connectivity index (χ3v) is 7.08. The monoisotopic (exact) mass is 338 g/mol. The number of nitrogens with two attached hydrogens (primary N) is 1. The van der Waals surface area contributed by atoms with E-state index in [1.54, 1.807) is 0 Å². The predicted octanol–water partition coefficient (Wildman–Crippen LogP) is -0.284. The van der Waals surface area contributed by atoms with Crippen LogP contribution in [-0.2, 0) is 19.9 Å². The number of halogens is 3. The van der Waals surface area contributed by atoms with Gasteiger partial charge in [-0.25, -0.2) is 16.8 Å². The van der Waals surface area contributed by atoms with Gasteiger partial charge in [0.1, 0.15) is 16.4 Å².